The number of hydrogen-bond acceptors (Lipinski definition) is 8. The topological polar surface area (TPSA) is 94.8 Å². The molecule has 0 radical (unpaired) electrons. The minimum Gasteiger partial charge on any atom is -0.394 e. The molecular formula is C24H34ClN5O4. The average Bonchev–Trinajstić information content (AvgIpc) is 3.49. The number of anilines is 1. The monoisotopic (exact) mass is 491 g/mol. The number of rotatable bonds is 4. The number of fused-ring (bicyclic) bond motifs is 2. The van der Waals surface area contributed by atoms with Crippen molar-refractivity contribution in [3.63, 3.8) is 0 Å². The van der Waals surface area contributed by atoms with Crippen molar-refractivity contribution in [3.05, 3.63) is 11.6 Å². The maximum absolute atomic E-state index is 9.85. The minimum absolute atomic E-state index is 0.152. The third kappa shape index (κ3) is 3.99. The van der Waals surface area contributed by atoms with Gasteiger partial charge in [-0.2, -0.15) is 9.97 Å². The van der Waals surface area contributed by atoms with E-state index in [4.69, 9.17) is 25.8 Å². The number of piperidine rings is 1. The smallest absolute Gasteiger partial charge is 0.226 e. The first kappa shape index (κ1) is 22.9. The van der Waals surface area contributed by atoms with Gasteiger partial charge in [-0.1, -0.05) is 32.1 Å². The predicted molar refractivity (Wildman–Crippen MR) is 127 cm³/mol. The third-order valence-corrected chi connectivity index (χ3v) is 8.28. The lowest BCUT2D eigenvalue weighted by Crippen LogP contribution is -2.37. The summed E-state index contributed by atoms with van der Waals surface area (Å²) in [6.45, 7) is 5.51. The highest BCUT2D eigenvalue weighted by Gasteiger charge is 2.56. The van der Waals surface area contributed by atoms with Crippen LogP contribution in [0.3, 0.4) is 0 Å². The number of aromatic nitrogens is 4. The van der Waals surface area contributed by atoms with Crippen molar-refractivity contribution >= 4 is 28.6 Å². The van der Waals surface area contributed by atoms with Crippen molar-refractivity contribution < 1.29 is 19.3 Å². The molecule has 4 aliphatic rings. The van der Waals surface area contributed by atoms with Crippen LogP contribution in [-0.4, -0.2) is 68.4 Å². The molecule has 4 fully saturated rings. The third-order valence-electron chi connectivity index (χ3n) is 8.11. The van der Waals surface area contributed by atoms with Crippen LogP contribution in [0.1, 0.15) is 65.0 Å². The lowest BCUT2D eigenvalue weighted by Gasteiger charge is -2.38. The van der Waals surface area contributed by atoms with Gasteiger partial charge >= 0.3 is 0 Å². The number of aliphatic hydroxyl groups excluding tert-OH is 1. The molecule has 186 valence electrons. The highest BCUT2D eigenvalue weighted by atomic mass is 35.5. The Morgan fingerprint density at radius 3 is 2.47 bits per heavy atom. The van der Waals surface area contributed by atoms with Gasteiger partial charge in [0.25, 0.3) is 0 Å². The fourth-order valence-electron chi connectivity index (χ4n) is 6.50. The Labute approximate surface area is 204 Å². The fraction of sp³-hybridized carbons (Fsp3) is 0.792. The second-order valence-electron chi connectivity index (χ2n) is 10.7. The van der Waals surface area contributed by atoms with E-state index in [0.717, 1.165) is 30.7 Å². The molecule has 10 heteroatoms. The Balaban J connectivity index is 1.26. The van der Waals surface area contributed by atoms with Crippen LogP contribution < -0.4 is 4.90 Å². The van der Waals surface area contributed by atoms with Crippen LogP contribution in [0.4, 0.5) is 5.82 Å². The summed E-state index contributed by atoms with van der Waals surface area (Å²) in [5.41, 5.74) is 1.33. The zero-order chi connectivity index (χ0) is 23.4. The van der Waals surface area contributed by atoms with E-state index in [0.29, 0.717) is 11.2 Å². The quantitative estimate of drug-likeness (QED) is 0.647. The SMILES string of the molecule is CC1(C)OC2C(O1)[C@@H](CO)O[C@H]2n1cnc2c(N3CCC(C4CCCCC4)CC3)nc(Cl)nc21. The standard InChI is InChI=1S/C24H34ClN5O4/c1-24(2)33-18-16(12-31)32-22(19(18)34-24)30-13-26-17-20(27-23(25)28-21(17)30)29-10-8-15(9-11-29)14-6-4-3-5-7-14/h13-16,18-19,22,31H,3-12H2,1-2H3/t16-,18?,19?,22-/m1/s1. The van der Waals surface area contributed by atoms with Gasteiger partial charge in [0, 0.05) is 13.1 Å². The van der Waals surface area contributed by atoms with E-state index in [1.807, 2.05) is 18.4 Å². The Hall–Kier alpha value is -1.52. The van der Waals surface area contributed by atoms with Crippen LogP contribution in [-0.2, 0) is 14.2 Å². The van der Waals surface area contributed by atoms with E-state index < -0.39 is 18.1 Å². The average molecular weight is 492 g/mol. The molecule has 0 spiro atoms. The van der Waals surface area contributed by atoms with Gasteiger partial charge < -0.3 is 24.2 Å². The Bertz CT molecular complexity index is 1030. The zero-order valence-corrected chi connectivity index (χ0v) is 20.7. The molecule has 1 aliphatic carbocycles. The van der Waals surface area contributed by atoms with E-state index in [9.17, 15) is 5.11 Å². The molecule has 3 aliphatic heterocycles. The molecule has 9 nitrogen and oxygen atoms in total. The summed E-state index contributed by atoms with van der Waals surface area (Å²) < 4.78 is 20.1. The van der Waals surface area contributed by atoms with Crippen LogP contribution in [0.2, 0.25) is 5.28 Å². The fourth-order valence-corrected chi connectivity index (χ4v) is 6.66. The van der Waals surface area contributed by atoms with Gasteiger partial charge in [0.15, 0.2) is 29.0 Å². The van der Waals surface area contributed by atoms with Gasteiger partial charge in [-0.15, -0.1) is 0 Å². The number of halogens is 1. The second-order valence-corrected chi connectivity index (χ2v) is 11.0. The van der Waals surface area contributed by atoms with Crippen LogP contribution >= 0.6 is 11.6 Å². The molecule has 2 aromatic heterocycles. The van der Waals surface area contributed by atoms with Gasteiger partial charge in [-0.25, -0.2) is 4.98 Å². The minimum atomic E-state index is -0.748. The van der Waals surface area contributed by atoms with E-state index in [1.54, 1.807) is 6.33 Å². The Kier molecular flexibility index (Phi) is 5.97. The normalized spacial score (nSPS) is 32.5. The second kappa shape index (κ2) is 8.85. The molecule has 2 unspecified atom stereocenters. The van der Waals surface area contributed by atoms with Gasteiger partial charge in [0.05, 0.1) is 12.9 Å². The summed E-state index contributed by atoms with van der Waals surface area (Å²) in [5, 5.41) is 10.0. The maximum Gasteiger partial charge on any atom is 0.226 e. The number of ether oxygens (including phenoxy) is 3. The van der Waals surface area contributed by atoms with Crippen molar-refractivity contribution in [3.8, 4) is 0 Å². The van der Waals surface area contributed by atoms with Crippen LogP contribution in [0, 0.1) is 11.8 Å². The predicted octanol–water partition coefficient (Wildman–Crippen LogP) is 3.69. The van der Waals surface area contributed by atoms with E-state index in [1.165, 1.54) is 44.9 Å². The molecule has 0 amide bonds. The molecule has 2 aromatic rings. The van der Waals surface area contributed by atoms with Crippen molar-refractivity contribution in [2.45, 2.75) is 89.1 Å². The Morgan fingerprint density at radius 2 is 1.74 bits per heavy atom. The summed E-state index contributed by atoms with van der Waals surface area (Å²) in [7, 11) is 0. The van der Waals surface area contributed by atoms with E-state index in [2.05, 4.69) is 19.9 Å². The van der Waals surface area contributed by atoms with Crippen molar-refractivity contribution in [2.75, 3.05) is 24.6 Å². The largest absolute Gasteiger partial charge is 0.394 e. The Morgan fingerprint density at radius 1 is 1.03 bits per heavy atom. The molecule has 3 saturated heterocycles. The molecule has 1 N–H and O–H groups in total. The lowest BCUT2D eigenvalue weighted by molar-refractivity contribution is -0.199. The summed E-state index contributed by atoms with van der Waals surface area (Å²) in [5.74, 6) is 1.73. The van der Waals surface area contributed by atoms with Crippen molar-refractivity contribution in [2.24, 2.45) is 11.8 Å². The molecule has 34 heavy (non-hydrogen) atoms. The lowest BCUT2D eigenvalue weighted by atomic mass is 9.76. The van der Waals surface area contributed by atoms with Crippen molar-refractivity contribution in [1.82, 2.24) is 19.5 Å². The zero-order valence-electron chi connectivity index (χ0n) is 19.9. The summed E-state index contributed by atoms with van der Waals surface area (Å²) >= 11 is 6.41. The van der Waals surface area contributed by atoms with Crippen LogP contribution in [0.25, 0.3) is 11.2 Å². The van der Waals surface area contributed by atoms with E-state index in [-0.39, 0.29) is 24.1 Å². The van der Waals surface area contributed by atoms with Gasteiger partial charge in [0.1, 0.15) is 18.3 Å². The molecular weight excluding hydrogens is 458 g/mol. The highest BCUT2D eigenvalue weighted by molar-refractivity contribution is 6.28. The van der Waals surface area contributed by atoms with E-state index >= 15 is 0 Å². The van der Waals surface area contributed by atoms with Crippen LogP contribution in [0.5, 0.6) is 0 Å². The molecule has 0 bridgehead atoms. The van der Waals surface area contributed by atoms with Gasteiger partial charge in [-0.05, 0) is 50.1 Å². The molecule has 5 heterocycles. The van der Waals surface area contributed by atoms with Crippen molar-refractivity contribution in [1.29, 1.82) is 0 Å². The molecule has 0 aromatic carbocycles. The number of aliphatic hydroxyl groups is 1. The summed E-state index contributed by atoms with van der Waals surface area (Å²) in [6, 6.07) is 0. The highest BCUT2D eigenvalue weighted by Crippen LogP contribution is 2.44. The molecule has 1 saturated carbocycles. The maximum atomic E-state index is 9.85. The molecule has 4 atom stereocenters. The molecule has 6 rings (SSSR count). The number of imidazole rings is 1. The number of hydrogen-bond donors (Lipinski definition) is 1. The first-order chi connectivity index (χ1) is 16.4. The summed E-state index contributed by atoms with van der Waals surface area (Å²) in [6.07, 6.45) is 9.28. The first-order valence-corrected chi connectivity index (χ1v) is 13.1. The first-order valence-electron chi connectivity index (χ1n) is 12.7. The van der Waals surface area contributed by atoms with Crippen LogP contribution in [0.15, 0.2) is 6.33 Å². The summed E-state index contributed by atoms with van der Waals surface area (Å²) in [4.78, 5) is 16.1. The van der Waals surface area contributed by atoms with Gasteiger partial charge in [-0.3, -0.25) is 4.57 Å². The number of nitrogens with zero attached hydrogens (tertiary/aromatic N) is 5. The van der Waals surface area contributed by atoms with Gasteiger partial charge in [0.2, 0.25) is 5.28 Å².